The lowest BCUT2D eigenvalue weighted by Crippen LogP contribution is -2.35. The highest BCUT2D eigenvalue weighted by Crippen LogP contribution is 2.14. The number of nitrogens with zero attached hydrogens (tertiary/aromatic N) is 2. The minimum absolute atomic E-state index is 0.0322. The van der Waals surface area contributed by atoms with Gasteiger partial charge < -0.3 is 15.5 Å². The molecule has 27 heavy (non-hydrogen) atoms. The minimum atomic E-state index is -0.377. The molecule has 1 aromatic carbocycles. The number of benzene rings is 1. The van der Waals surface area contributed by atoms with Crippen LogP contribution >= 0.6 is 0 Å². The number of anilines is 1. The Kier molecular flexibility index (Phi) is 6.35. The number of likely N-dealkylation sites (tertiary alicyclic amines) is 1. The van der Waals surface area contributed by atoms with E-state index in [1.54, 1.807) is 18.3 Å². The van der Waals surface area contributed by atoms with Gasteiger partial charge in [-0.1, -0.05) is 0 Å². The average Bonchev–Trinajstić information content (AvgIpc) is 2.72. The Hall–Kier alpha value is -2.96. The van der Waals surface area contributed by atoms with Crippen LogP contribution in [-0.4, -0.2) is 47.9 Å². The van der Waals surface area contributed by atoms with Gasteiger partial charge in [-0.2, -0.15) is 0 Å². The molecule has 0 spiro atoms. The molecule has 2 heterocycles. The first-order valence-electron chi connectivity index (χ1n) is 9.16. The third kappa shape index (κ3) is 5.26. The van der Waals surface area contributed by atoms with Gasteiger partial charge in [0.2, 0.25) is 0 Å². The van der Waals surface area contributed by atoms with Crippen LogP contribution in [0.3, 0.4) is 0 Å². The number of rotatable bonds is 6. The summed E-state index contributed by atoms with van der Waals surface area (Å²) < 4.78 is 12.9. The van der Waals surface area contributed by atoms with E-state index >= 15 is 0 Å². The number of piperidine rings is 1. The third-order valence-electron chi connectivity index (χ3n) is 4.47. The first-order valence-corrected chi connectivity index (χ1v) is 9.16. The highest BCUT2D eigenvalue weighted by molar-refractivity contribution is 5.95. The molecule has 0 atom stereocenters. The van der Waals surface area contributed by atoms with Crippen molar-refractivity contribution in [2.75, 3.05) is 31.5 Å². The first kappa shape index (κ1) is 18.8. The van der Waals surface area contributed by atoms with E-state index < -0.39 is 0 Å². The van der Waals surface area contributed by atoms with Crippen LogP contribution < -0.4 is 10.6 Å². The van der Waals surface area contributed by atoms with Gasteiger partial charge in [-0.05, 0) is 55.7 Å². The number of nitrogens with one attached hydrogen (secondary N) is 2. The predicted octanol–water partition coefficient (Wildman–Crippen LogP) is 2.69. The summed E-state index contributed by atoms with van der Waals surface area (Å²) in [5.74, 6) is -0.0179. The zero-order valence-corrected chi connectivity index (χ0v) is 15.1. The van der Waals surface area contributed by atoms with Crippen LogP contribution in [0.1, 0.15) is 40.0 Å². The first-order chi connectivity index (χ1) is 13.1. The zero-order chi connectivity index (χ0) is 19.1. The van der Waals surface area contributed by atoms with Crippen LogP contribution in [-0.2, 0) is 0 Å². The van der Waals surface area contributed by atoms with E-state index in [9.17, 15) is 14.0 Å². The maximum atomic E-state index is 12.9. The second-order valence-corrected chi connectivity index (χ2v) is 6.47. The van der Waals surface area contributed by atoms with Crippen LogP contribution in [0.25, 0.3) is 0 Å². The molecule has 1 saturated heterocycles. The molecule has 0 saturated carbocycles. The second-order valence-electron chi connectivity index (χ2n) is 6.47. The molecule has 7 heteroatoms. The van der Waals surface area contributed by atoms with Gasteiger partial charge in [0.1, 0.15) is 11.6 Å². The predicted molar refractivity (Wildman–Crippen MR) is 101 cm³/mol. The number of aromatic nitrogens is 1. The largest absolute Gasteiger partial charge is 0.368 e. The van der Waals surface area contributed by atoms with E-state index in [4.69, 9.17) is 0 Å². The molecule has 0 unspecified atom stereocenters. The average molecular weight is 370 g/mol. The van der Waals surface area contributed by atoms with E-state index in [1.165, 1.54) is 30.7 Å². The molecule has 142 valence electrons. The fraction of sp³-hybridized carbons (Fsp3) is 0.350. The van der Waals surface area contributed by atoms with Gasteiger partial charge in [-0.3, -0.25) is 9.59 Å². The van der Waals surface area contributed by atoms with Crippen molar-refractivity contribution < 1.29 is 14.0 Å². The van der Waals surface area contributed by atoms with Gasteiger partial charge in [0.15, 0.2) is 0 Å². The minimum Gasteiger partial charge on any atom is -0.368 e. The summed E-state index contributed by atoms with van der Waals surface area (Å²) >= 11 is 0. The van der Waals surface area contributed by atoms with Crippen molar-refractivity contribution in [2.24, 2.45) is 0 Å². The van der Waals surface area contributed by atoms with Gasteiger partial charge >= 0.3 is 0 Å². The SMILES string of the molecule is O=C(NCCNc1cc(C(=O)N2CCCCC2)ccn1)c1ccc(F)cc1. The van der Waals surface area contributed by atoms with Crippen molar-refractivity contribution in [3.63, 3.8) is 0 Å². The number of halogens is 1. The topological polar surface area (TPSA) is 74.3 Å². The van der Waals surface area contributed by atoms with Crippen molar-refractivity contribution in [1.29, 1.82) is 0 Å². The molecule has 2 aromatic rings. The molecule has 2 amide bonds. The van der Waals surface area contributed by atoms with Crippen LogP contribution in [0.15, 0.2) is 42.6 Å². The summed E-state index contributed by atoms with van der Waals surface area (Å²) in [4.78, 5) is 30.6. The lowest BCUT2D eigenvalue weighted by atomic mass is 10.1. The van der Waals surface area contributed by atoms with E-state index in [2.05, 4.69) is 15.6 Å². The molecule has 2 N–H and O–H groups in total. The molecule has 6 nitrogen and oxygen atoms in total. The quantitative estimate of drug-likeness (QED) is 0.767. The maximum absolute atomic E-state index is 12.9. The van der Waals surface area contributed by atoms with Crippen molar-refractivity contribution in [3.05, 3.63) is 59.5 Å². The van der Waals surface area contributed by atoms with Gasteiger partial charge in [0.05, 0.1) is 0 Å². The Bertz CT molecular complexity index is 789. The summed E-state index contributed by atoms with van der Waals surface area (Å²) in [5.41, 5.74) is 1.02. The Labute approximate surface area is 157 Å². The number of hydrogen-bond acceptors (Lipinski definition) is 4. The molecule has 0 aliphatic carbocycles. The molecule has 1 aromatic heterocycles. The fourth-order valence-electron chi connectivity index (χ4n) is 3.01. The van der Waals surface area contributed by atoms with Gasteiger partial charge in [-0.25, -0.2) is 9.37 Å². The Morgan fingerprint density at radius 2 is 1.74 bits per heavy atom. The summed E-state index contributed by atoms with van der Waals surface area (Å²) in [6.07, 6.45) is 4.89. The molecular weight excluding hydrogens is 347 g/mol. The van der Waals surface area contributed by atoms with Crippen LogP contribution in [0.5, 0.6) is 0 Å². The monoisotopic (exact) mass is 370 g/mol. The van der Waals surface area contributed by atoms with Crippen LogP contribution in [0.4, 0.5) is 10.2 Å². The van der Waals surface area contributed by atoms with Crippen molar-refractivity contribution in [2.45, 2.75) is 19.3 Å². The highest BCUT2D eigenvalue weighted by Gasteiger charge is 2.18. The number of carbonyl (C=O) groups is 2. The van der Waals surface area contributed by atoms with Crippen LogP contribution in [0, 0.1) is 5.82 Å². The van der Waals surface area contributed by atoms with Gasteiger partial charge in [-0.15, -0.1) is 0 Å². The van der Waals surface area contributed by atoms with Crippen molar-refractivity contribution >= 4 is 17.6 Å². The van der Waals surface area contributed by atoms with Crippen molar-refractivity contribution in [3.8, 4) is 0 Å². The van der Waals surface area contributed by atoms with E-state index in [0.717, 1.165) is 25.9 Å². The summed E-state index contributed by atoms with van der Waals surface area (Å²) in [7, 11) is 0. The summed E-state index contributed by atoms with van der Waals surface area (Å²) in [6.45, 7) is 2.45. The van der Waals surface area contributed by atoms with E-state index in [0.29, 0.717) is 30.0 Å². The van der Waals surface area contributed by atoms with Crippen LogP contribution in [0.2, 0.25) is 0 Å². The molecule has 1 aliphatic rings. The number of carbonyl (C=O) groups excluding carboxylic acids is 2. The summed E-state index contributed by atoms with van der Waals surface area (Å²) in [6, 6.07) is 8.84. The fourth-order valence-corrected chi connectivity index (χ4v) is 3.01. The molecule has 1 aliphatic heterocycles. The zero-order valence-electron chi connectivity index (χ0n) is 15.1. The Morgan fingerprint density at radius 3 is 2.48 bits per heavy atom. The molecule has 0 bridgehead atoms. The van der Waals surface area contributed by atoms with E-state index in [1.807, 2.05) is 4.90 Å². The smallest absolute Gasteiger partial charge is 0.254 e. The third-order valence-corrected chi connectivity index (χ3v) is 4.47. The Balaban J connectivity index is 1.47. The number of hydrogen-bond donors (Lipinski definition) is 2. The second kappa shape index (κ2) is 9.12. The van der Waals surface area contributed by atoms with E-state index in [-0.39, 0.29) is 17.6 Å². The van der Waals surface area contributed by atoms with Crippen molar-refractivity contribution in [1.82, 2.24) is 15.2 Å². The normalized spacial score (nSPS) is 13.9. The molecular formula is C20H23FN4O2. The Morgan fingerprint density at radius 1 is 1.00 bits per heavy atom. The molecule has 0 radical (unpaired) electrons. The standard InChI is InChI=1S/C20H23FN4O2/c21-17-6-4-15(5-7-17)19(26)24-11-10-23-18-14-16(8-9-22-18)20(27)25-12-2-1-3-13-25/h4-9,14H,1-3,10-13H2,(H,22,23)(H,24,26). The highest BCUT2D eigenvalue weighted by atomic mass is 19.1. The summed E-state index contributed by atoms with van der Waals surface area (Å²) in [5, 5.41) is 5.85. The maximum Gasteiger partial charge on any atom is 0.254 e. The molecule has 1 fully saturated rings. The number of amides is 2. The molecule has 3 rings (SSSR count). The van der Waals surface area contributed by atoms with Gasteiger partial charge in [0.25, 0.3) is 11.8 Å². The lowest BCUT2D eigenvalue weighted by Gasteiger charge is -2.26. The number of pyridine rings is 1. The van der Waals surface area contributed by atoms with Gasteiger partial charge in [0, 0.05) is 43.5 Å². The lowest BCUT2D eigenvalue weighted by molar-refractivity contribution is 0.0724.